The third-order valence-electron chi connectivity index (χ3n) is 6.67. The molecule has 0 aromatic rings. The summed E-state index contributed by atoms with van der Waals surface area (Å²) in [5.41, 5.74) is -2.98. The summed E-state index contributed by atoms with van der Waals surface area (Å²) in [7, 11) is 0. The number of esters is 3. The Bertz CT molecular complexity index is 821. The van der Waals surface area contributed by atoms with Crippen molar-refractivity contribution < 1.29 is 68.1 Å². The lowest BCUT2D eigenvalue weighted by molar-refractivity contribution is -0.315. The van der Waals surface area contributed by atoms with Gasteiger partial charge in [-0.15, -0.1) is 0 Å². The molecular formula is C18H17F9O6. The van der Waals surface area contributed by atoms with E-state index < -0.39 is 90.3 Å². The number of halogens is 9. The molecule has 3 rings (SSSR count). The number of alkyl halides is 9. The van der Waals surface area contributed by atoms with Crippen LogP contribution in [0.2, 0.25) is 0 Å². The fourth-order valence-electron chi connectivity index (χ4n) is 4.70. The predicted molar refractivity (Wildman–Crippen MR) is 84.8 cm³/mol. The minimum Gasteiger partial charge on any atom is -0.458 e. The number of fused-ring (bicyclic) bond motifs is 1. The van der Waals surface area contributed by atoms with Crippen LogP contribution in [0.3, 0.4) is 0 Å². The minimum absolute atomic E-state index is 0.198. The van der Waals surface area contributed by atoms with Gasteiger partial charge in [0.1, 0.15) is 12.2 Å². The second-order valence-corrected chi connectivity index (χ2v) is 8.47. The highest BCUT2D eigenvalue weighted by Crippen LogP contribution is 2.59. The van der Waals surface area contributed by atoms with Gasteiger partial charge >= 0.3 is 36.4 Å². The van der Waals surface area contributed by atoms with Crippen molar-refractivity contribution in [1.29, 1.82) is 0 Å². The average Bonchev–Trinajstić information content (AvgIpc) is 3.25. The van der Waals surface area contributed by atoms with Crippen LogP contribution in [0.1, 0.15) is 26.7 Å². The molecule has 0 aromatic carbocycles. The molecule has 0 aromatic heterocycles. The van der Waals surface area contributed by atoms with Crippen LogP contribution in [-0.4, -0.2) is 54.7 Å². The van der Waals surface area contributed by atoms with Gasteiger partial charge in [0.25, 0.3) is 6.10 Å². The Balaban J connectivity index is 1.87. The summed E-state index contributed by atoms with van der Waals surface area (Å²) < 4.78 is 130. The van der Waals surface area contributed by atoms with Gasteiger partial charge in [0.05, 0.1) is 11.8 Å². The molecule has 15 heteroatoms. The van der Waals surface area contributed by atoms with Crippen molar-refractivity contribution in [3.8, 4) is 0 Å². The van der Waals surface area contributed by atoms with Crippen LogP contribution in [-0.2, 0) is 28.6 Å². The van der Waals surface area contributed by atoms with Crippen molar-refractivity contribution in [2.45, 2.75) is 63.5 Å². The summed E-state index contributed by atoms with van der Waals surface area (Å²) in [4.78, 5) is 36.9. The van der Waals surface area contributed by atoms with Crippen LogP contribution in [0.4, 0.5) is 39.5 Å². The van der Waals surface area contributed by atoms with E-state index in [1.54, 1.807) is 0 Å². The van der Waals surface area contributed by atoms with E-state index in [-0.39, 0.29) is 6.42 Å². The maximum absolute atomic E-state index is 13.4. The lowest BCUT2D eigenvalue weighted by Crippen LogP contribution is -2.51. The number of ether oxygens (including phenoxy) is 3. The number of hydrogen-bond donors (Lipinski definition) is 0. The third-order valence-corrected chi connectivity index (χ3v) is 6.67. The molecule has 2 bridgehead atoms. The maximum atomic E-state index is 13.4. The predicted octanol–water partition coefficient (Wildman–Crippen LogP) is 3.72. The highest BCUT2D eigenvalue weighted by molar-refractivity contribution is 5.86. The van der Waals surface area contributed by atoms with E-state index in [2.05, 4.69) is 4.74 Å². The van der Waals surface area contributed by atoms with Crippen molar-refractivity contribution in [3.05, 3.63) is 0 Å². The van der Waals surface area contributed by atoms with Crippen molar-refractivity contribution in [3.63, 3.8) is 0 Å². The van der Waals surface area contributed by atoms with Gasteiger partial charge in [0, 0.05) is 11.8 Å². The zero-order valence-electron chi connectivity index (χ0n) is 16.8. The molecule has 3 fully saturated rings. The number of carbonyl (C=O) groups is 3. The van der Waals surface area contributed by atoms with Crippen molar-refractivity contribution in [1.82, 2.24) is 0 Å². The van der Waals surface area contributed by atoms with Gasteiger partial charge in [-0.25, -0.2) is 0 Å². The van der Waals surface area contributed by atoms with Crippen LogP contribution in [0, 0.1) is 29.1 Å². The van der Waals surface area contributed by atoms with Crippen LogP contribution in [0.15, 0.2) is 0 Å². The smallest absolute Gasteiger partial charge is 0.434 e. The fourth-order valence-corrected chi connectivity index (χ4v) is 4.70. The first-order valence-corrected chi connectivity index (χ1v) is 9.66. The Labute approximate surface area is 179 Å². The van der Waals surface area contributed by atoms with E-state index >= 15 is 0 Å². The molecular weight excluding hydrogens is 483 g/mol. The first-order valence-electron chi connectivity index (χ1n) is 9.66. The van der Waals surface area contributed by atoms with Crippen molar-refractivity contribution >= 4 is 17.9 Å². The monoisotopic (exact) mass is 500 g/mol. The Kier molecular flexibility index (Phi) is 5.89. The first kappa shape index (κ1) is 25.4. The molecule has 7 unspecified atom stereocenters. The molecule has 3 aliphatic rings. The van der Waals surface area contributed by atoms with Gasteiger partial charge < -0.3 is 14.2 Å². The highest BCUT2D eigenvalue weighted by atomic mass is 19.4. The molecule has 6 nitrogen and oxygen atoms in total. The lowest BCUT2D eigenvalue weighted by atomic mass is 9.78. The maximum Gasteiger partial charge on any atom is 0.434 e. The summed E-state index contributed by atoms with van der Waals surface area (Å²) in [6.45, 7) is 1.60. The van der Waals surface area contributed by atoms with Gasteiger partial charge in [-0.05, 0) is 19.8 Å². The standard InChI is InChI=1S/C18H17F9O6/c1-3-15(2,18(25,26)27)14(30)32-10-6-4-5-7(11(28)31-9(5)10)8(6)12(29)33-13(16(19,20)21)17(22,23)24/h5-10,13H,3-4H2,1-2H3. The van der Waals surface area contributed by atoms with Crippen LogP contribution >= 0.6 is 0 Å². The lowest BCUT2D eigenvalue weighted by Gasteiger charge is -2.35. The van der Waals surface area contributed by atoms with Gasteiger partial charge in [-0.3, -0.25) is 14.4 Å². The largest absolute Gasteiger partial charge is 0.458 e. The number of rotatable bonds is 5. The van der Waals surface area contributed by atoms with Gasteiger partial charge in [0.15, 0.2) is 5.41 Å². The molecule has 0 spiro atoms. The molecule has 0 amide bonds. The van der Waals surface area contributed by atoms with E-state index in [0.717, 1.165) is 6.92 Å². The summed E-state index contributed by atoms with van der Waals surface area (Å²) >= 11 is 0. The van der Waals surface area contributed by atoms with Crippen molar-refractivity contribution in [2.24, 2.45) is 29.1 Å². The Morgan fingerprint density at radius 3 is 2.03 bits per heavy atom. The molecule has 33 heavy (non-hydrogen) atoms. The Morgan fingerprint density at radius 2 is 1.58 bits per heavy atom. The fraction of sp³-hybridized carbons (Fsp3) is 0.833. The van der Waals surface area contributed by atoms with Crippen LogP contribution < -0.4 is 0 Å². The van der Waals surface area contributed by atoms with E-state index in [9.17, 15) is 53.9 Å². The average molecular weight is 500 g/mol. The van der Waals surface area contributed by atoms with E-state index in [1.165, 1.54) is 0 Å². The van der Waals surface area contributed by atoms with E-state index in [0.29, 0.717) is 6.92 Å². The summed E-state index contributed by atoms with van der Waals surface area (Å²) in [5, 5.41) is 0. The van der Waals surface area contributed by atoms with E-state index in [4.69, 9.17) is 9.47 Å². The molecule has 0 radical (unpaired) electrons. The second kappa shape index (κ2) is 7.65. The normalized spacial score (nSPS) is 33.2. The molecule has 2 aliphatic carbocycles. The SMILES string of the molecule is CCC(C)(C(=O)OC1C2CC3C1OC(=O)C3C2C(=O)OC(C(F)(F)F)C(F)(F)F)C(F)(F)F. The summed E-state index contributed by atoms with van der Waals surface area (Å²) in [6.07, 6.45) is -25.4. The van der Waals surface area contributed by atoms with Crippen molar-refractivity contribution in [2.75, 3.05) is 0 Å². The molecule has 1 saturated heterocycles. The molecule has 188 valence electrons. The number of hydrogen-bond acceptors (Lipinski definition) is 6. The molecule has 1 heterocycles. The topological polar surface area (TPSA) is 78.9 Å². The van der Waals surface area contributed by atoms with Gasteiger partial charge in [0.2, 0.25) is 0 Å². The van der Waals surface area contributed by atoms with Crippen LogP contribution in [0.5, 0.6) is 0 Å². The zero-order chi connectivity index (χ0) is 25.3. The van der Waals surface area contributed by atoms with Crippen LogP contribution in [0.25, 0.3) is 0 Å². The zero-order valence-corrected chi connectivity index (χ0v) is 16.8. The molecule has 1 aliphatic heterocycles. The molecule has 2 saturated carbocycles. The molecule has 0 N–H and O–H groups in total. The number of carbonyl (C=O) groups excluding carboxylic acids is 3. The second-order valence-electron chi connectivity index (χ2n) is 8.47. The third kappa shape index (κ3) is 4.00. The van der Waals surface area contributed by atoms with Gasteiger partial charge in [-0.1, -0.05) is 6.92 Å². The van der Waals surface area contributed by atoms with E-state index in [1.807, 2.05) is 0 Å². The summed E-state index contributed by atoms with van der Waals surface area (Å²) in [5.74, 6) is -10.6. The summed E-state index contributed by atoms with van der Waals surface area (Å²) in [6, 6.07) is 0. The Hall–Kier alpha value is -2.22. The van der Waals surface area contributed by atoms with Gasteiger partial charge in [-0.2, -0.15) is 39.5 Å². The highest BCUT2D eigenvalue weighted by Gasteiger charge is 2.72. The molecule has 7 atom stereocenters. The first-order chi connectivity index (χ1) is 14.8. The quantitative estimate of drug-likeness (QED) is 0.326. The Morgan fingerprint density at radius 1 is 1.03 bits per heavy atom. The minimum atomic E-state index is -6.01.